The molecule has 0 saturated heterocycles. The molecular formula is C21H23NO. The highest BCUT2D eigenvalue weighted by Crippen LogP contribution is 2.18. The summed E-state index contributed by atoms with van der Waals surface area (Å²) in [6, 6.07) is 16.1. The van der Waals surface area contributed by atoms with Crippen LogP contribution in [0.5, 0.6) is 0 Å². The lowest BCUT2D eigenvalue weighted by Gasteiger charge is -2.16. The summed E-state index contributed by atoms with van der Waals surface area (Å²) in [5.41, 5.74) is 4.57. The first kappa shape index (κ1) is 15.7. The first-order valence-electron chi connectivity index (χ1n) is 8.38. The molecule has 0 bridgehead atoms. The van der Waals surface area contributed by atoms with Gasteiger partial charge in [0.25, 0.3) is 0 Å². The first-order valence-corrected chi connectivity index (χ1v) is 8.38. The van der Waals surface area contributed by atoms with Crippen molar-refractivity contribution in [3.8, 4) is 0 Å². The summed E-state index contributed by atoms with van der Waals surface area (Å²) in [7, 11) is 0. The van der Waals surface area contributed by atoms with Crippen molar-refractivity contribution in [1.82, 2.24) is 4.90 Å². The van der Waals surface area contributed by atoms with E-state index in [1.807, 2.05) is 42.5 Å². The SMILES string of the molecule is CCN1CCc2ccc(C(=O)/C=C/c3ccccc3)cc2CC1. The standard InChI is InChI=1S/C21H23NO/c1-2-22-14-12-18-9-10-20(16-19(18)13-15-22)21(23)11-8-17-6-4-3-5-7-17/h3-11,16H,2,12-15H2,1H3/b11-8+. The number of ketones is 1. The summed E-state index contributed by atoms with van der Waals surface area (Å²) >= 11 is 0. The highest BCUT2D eigenvalue weighted by Gasteiger charge is 2.14. The van der Waals surface area contributed by atoms with Gasteiger partial charge in [0.05, 0.1) is 0 Å². The molecule has 23 heavy (non-hydrogen) atoms. The molecule has 2 aromatic carbocycles. The summed E-state index contributed by atoms with van der Waals surface area (Å²) in [6.45, 7) is 5.50. The summed E-state index contributed by atoms with van der Waals surface area (Å²) < 4.78 is 0. The lowest BCUT2D eigenvalue weighted by Crippen LogP contribution is -2.25. The van der Waals surface area contributed by atoms with Crippen LogP contribution in [-0.2, 0) is 12.8 Å². The van der Waals surface area contributed by atoms with Gasteiger partial charge in [0.15, 0.2) is 5.78 Å². The van der Waals surface area contributed by atoms with Crippen molar-refractivity contribution in [1.29, 1.82) is 0 Å². The zero-order chi connectivity index (χ0) is 16.1. The molecule has 118 valence electrons. The Morgan fingerprint density at radius 3 is 2.52 bits per heavy atom. The van der Waals surface area contributed by atoms with E-state index in [4.69, 9.17) is 0 Å². The van der Waals surface area contributed by atoms with Crippen molar-refractivity contribution < 1.29 is 4.79 Å². The van der Waals surface area contributed by atoms with Crippen molar-refractivity contribution in [2.24, 2.45) is 0 Å². The summed E-state index contributed by atoms with van der Waals surface area (Å²) in [5, 5.41) is 0. The van der Waals surface area contributed by atoms with Gasteiger partial charge >= 0.3 is 0 Å². The molecular weight excluding hydrogens is 282 g/mol. The Labute approximate surface area is 138 Å². The van der Waals surface area contributed by atoms with Crippen LogP contribution in [0.25, 0.3) is 6.08 Å². The second kappa shape index (κ2) is 7.38. The maximum absolute atomic E-state index is 12.4. The van der Waals surface area contributed by atoms with Gasteiger partial charge in [0.2, 0.25) is 0 Å². The molecule has 0 spiro atoms. The molecule has 0 N–H and O–H groups in total. The molecule has 0 fully saturated rings. The van der Waals surface area contributed by atoms with Gasteiger partial charge in [-0.15, -0.1) is 0 Å². The zero-order valence-corrected chi connectivity index (χ0v) is 13.7. The second-order valence-corrected chi connectivity index (χ2v) is 6.03. The number of nitrogens with zero attached hydrogens (tertiary/aromatic N) is 1. The van der Waals surface area contributed by atoms with Crippen molar-refractivity contribution >= 4 is 11.9 Å². The predicted octanol–water partition coefficient (Wildman–Crippen LogP) is 4.00. The maximum atomic E-state index is 12.4. The van der Waals surface area contributed by atoms with E-state index in [1.54, 1.807) is 6.08 Å². The van der Waals surface area contributed by atoms with E-state index in [0.29, 0.717) is 0 Å². The van der Waals surface area contributed by atoms with Gasteiger partial charge in [-0.1, -0.05) is 55.5 Å². The number of hydrogen-bond acceptors (Lipinski definition) is 2. The minimum absolute atomic E-state index is 0.0771. The third-order valence-corrected chi connectivity index (χ3v) is 4.56. The molecule has 2 aromatic rings. The third kappa shape index (κ3) is 3.96. The van der Waals surface area contributed by atoms with Crippen LogP contribution in [0.4, 0.5) is 0 Å². The Balaban J connectivity index is 1.75. The molecule has 1 aliphatic rings. The van der Waals surface area contributed by atoms with Crippen molar-refractivity contribution in [3.05, 3.63) is 76.9 Å². The molecule has 0 saturated carbocycles. The topological polar surface area (TPSA) is 20.3 Å². The summed E-state index contributed by atoms with van der Waals surface area (Å²) in [5.74, 6) is 0.0771. The highest BCUT2D eigenvalue weighted by molar-refractivity contribution is 6.06. The summed E-state index contributed by atoms with van der Waals surface area (Å²) in [4.78, 5) is 14.9. The third-order valence-electron chi connectivity index (χ3n) is 4.56. The average Bonchev–Trinajstić information content (AvgIpc) is 2.82. The number of fused-ring (bicyclic) bond motifs is 1. The molecule has 2 nitrogen and oxygen atoms in total. The van der Waals surface area contributed by atoms with E-state index in [0.717, 1.165) is 43.6 Å². The van der Waals surface area contributed by atoms with Gasteiger partial charge in [-0.2, -0.15) is 0 Å². The van der Waals surface area contributed by atoms with Gasteiger partial charge in [-0.05, 0) is 48.2 Å². The van der Waals surface area contributed by atoms with E-state index in [-0.39, 0.29) is 5.78 Å². The number of allylic oxidation sites excluding steroid dienone is 1. The van der Waals surface area contributed by atoms with Crippen molar-refractivity contribution in [3.63, 3.8) is 0 Å². The van der Waals surface area contributed by atoms with Crippen LogP contribution >= 0.6 is 0 Å². The van der Waals surface area contributed by atoms with E-state index < -0.39 is 0 Å². The van der Waals surface area contributed by atoms with Crippen molar-refractivity contribution in [2.75, 3.05) is 19.6 Å². The fourth-order valence-electron chi connectivity index (χ4n) is 3.07. The van der Waals surface area contributed by atoms with Gasteiger partial charge in [-0.3, -0.25) is 4.79 Å². The molecule has 0 atom stereocenters. The minimum Gasteiger partial charge on any atom is -0.303 e. The molecule has 0 amide bonds. The van der Waals surface area contributed by atoms with Crippen LogP contribution in [-0.4, -0.2) is 30.3 Å². The Kier molecular flexibility index (Phi) is 5.04. The molecule has 1 heterocycles. The monoisotopic (exact) mass is 305 g/mol. The van der Waals surface area contributed by atoms with Crippen LogP contribution in [0.15, 0.2) is 54.6 Å². The Bertz CT molecular complexity index is 703. The smallest absolute Gasteiger partial charge is 0.185 e. The maximum Gasteiger partial charge on any atom is 0.185 e. The Morgan fingerprint density at radius 1 is 1.04 bits per heavy atom. The Morgan fingerprint density at radius 2 is 1.78 bits per heavy atom. The van der Waals surface area contributed by atoms with Crippen LogP contribution in [0.3, 0.4) is 0 Å². The molecule has 0 aromatic heterocycles. The molecule has 0 radical (unpaired) electrons. The molecule has 2 heteroatoms. The van der Waals surface area contributed by atoms with Crippen LogP contribution < -0.4 is 0 Å². The van der Waals surface area contributed by atoms with Crippen LogP contribution in [0.1, 0.15) is 34.0 Å². The number of carbonyl (C=O) groups is 1. The quantitative estimate of drug-likeness (QED) is 0.628. The largest absolute Gasteiger partial charge is 0.303 e. The molecule has 3 rings (SSSR count). The number of rotatable bonds is 4. The Hall–Kier alpha value is -2.19. The number of likely N-dealkylation sites (N-methyl/N-ethyl adjacent to an activating group) is 1. The average molecular weight is 305 g/mol. The second-order valence-electron chi connectivity index (χ2n) is 6.03. The van der Waals surface area contributed by atoms with Gasteiger partial charge in [0.1, 0.15) is 0 Å². The normalized spacial score (nSPS) is 15.3. The zero-order valence-electron chi connectivity index (χ0n) is 13.7. The summed E-state index contributed by atoms with van der Waals surface area (Å²) in [6.07, 6.45) is 5.67. The van der Waals surface area contributed by atoms with E-state index in [1.165, 1.54) is 11.1 Å². The number of hydrogen-bond donors (Lipinski definition) is 0. The molecule has 0 aliphatic carbocycles. The van der Waals surface area contributed by atoms with Crippen LogP contribution in [0.2, 0.25) is 0 Å². The number of carbonyl (C=O) groups excluding carboxylic acids is 1. The van der Waals surface area contributed by atoms with E-state index in [2.05, 4.69) is 24.0 Å². The fraction of sp³-hybridized carbons (Fsp3) is 0.286. The molecule has 1 aliphatic heterocycles. The van der Waals surface area contributed by atoms with E-state index >= 15 is 0 Å². The highest BCUT2D eigenvalue weighted by atomic mass is 16.1. The van der Waals surface area contributed by atoms with Gasteiger partial charge in [0, 0.05) is 18.7 Å². The van der Waals surface area contributed by atoms with Crippen LogP contribution in [0, 0.1) is 0 Å². The lowest BCUT2D eigenvalue weighted by molar-refractivity contribution is 0.104. The van der Waals surface area contributed by atoms with Crippen molar-refractivity contribution in [2.45, 2.75) is 19.8 Å². The van der Waals surface area contributed by atoms with E-state index in [9.17, 15) is 4.79 Å². The van der Waals surface area contributed by atoms with Gasteiger partial charge < -0.3 is 4.90 Å². The number of benzene rings is 2. The lowest BCUT2D eigenvalue weighted by atomic mass is 9.98. The predicted molar refractivity (Wildman–Crippen MR) is 95.8 cm³/mol. The van der Waals surface area contributed by atoms with Gasteiger partial charge in [-0.25, -0.2) is 0 Å². The molecule has 0 unspecified atom stereocenters. The fourth-order valence-corrected chi connectivity index (χ4v) is 3.07. The first-order chi connectivity index (χ1) is 11.3. The minimum atomic E-state index is 0.0771.